The number of carbonyl (C=O) groups is 1. The van der Waals surface area contributed by atoms with Crippen molar-refractivity contribution in [3.63, 3.8) is 0 Å². The summed E-state index contributed by atoms with van der Waals surface area (Å²) in [5.41, 5.74) is 0.455. The molecule has 0 spiro atoms. The number of nitrogens with one attached hydrogen (secondary N) is 1. The molecule has 1 N–H and O–H groups in total. The molecular formula is C14H13F5INO. The van der Waals surface area contributed by atoms with Crippen LogP contribution in [0.3, 0.4) is 0 Å². The number of hydrogen-bond acceptors (Lipinski definition) is 1. The topological polar surface area (TPSA) is 29.1 Å². The number of alkyl halides is 5. The van der Waals surface area contributed by atoms with E-state index in [2.05, 4.69) is 5.32 Å². The predicted molar refractivity (Wildman–Crippen MR) is 81.1 cm³/mol. The molecule has 0 aliphatic heterocycles. The molecule has 1 rings (SSSR count). The third kappa shape index (κ3) is 5.90. The summed E-state index contributed by atoms with van der Waals surface area (Å²) in [4.78, 5) is 11.7. The van der Waals surface area contributed by atoms with Crippen molar-refractivity contribution >= 4 is 28.5 Å². The Kier molecular flexibility index (Phi) is 6.76. The maximum atomic E-state index is 12.8. The number of halogens is 6. The van der Waals surface area contributed by atoms with Crippen LogP contribution in [0.2, 0.25) is 0 Å². The second-order valence-corrected chi connectivity index (χ2v) is 5.82. The first-order valence-corrected chi connectivity index (χ1v) is 7.36. The smallest absolute Gasteiger partial charge is 0.352 e. The number of rotatable bonds is 6. The number of benzene rings is 1. The highest BCUT2D eigenvalue weighted by Gasteiger charge is 2.55. The van der Waals surface area contributed by atoms with Crippen molar-refractivity contribution in [3.8, 4) is 0 Å². The number of hydrogen-bond donors (Lipinski definition) is 1. The van der Waals surface area contributed by atoms with E-state index in [4.69, 9.17) is 0 Å². The van der Waals surface area contributed by atoms with Crippen molar-refractivity contribution in [2.24, 2.45) is 0 Å². The molecule has 22 heavy (non-hydrogen) atoms. The van der Waals surface area contributed by atoms with Crippen molar-refractivity contribution < 1.29 is 26.7 Å². The first-order valence-electron chi connectivity index (χ1n) is 6.28. The standard InChI is InChI=1S/C14H13F5INO/c15-13(16,14(17,18)19)9-11(20)7-4-8-21-12(22)10-5-2-1-3-6-10/h1-3,5-6,9H,4,7-8H2,(H,21,22). The van der Waals surface area contributed by atoms with E-state index < -0.39 is 12.1 Å². The van der Waals surface area contributed by atoms with Crippen LogP contribution in [-0.2, 0) is 0 Å². The van der Waals surface area contributed by atoms with Crippen LogP contribution in [0, 0.1) is 0 Å². The first kappa shape index (κ1) is 18.9. The molecule has 1 aromatic carbocycles. The Labute approximate surface area is 137 Å². The zero-order valence-corrected chi connectivity index (χ0v) is 13.4. The highest BCUT2D eigenvalue weighted by molar-refractivity contribution is 14.1. The van der Waals surface area contributed by atoms with E-state index in [1.807, 2.05) is 0 Å². The van der Waals surface area contributed by atoms with E-state index in [0.717, 1.165) is 0 Å². The highest BCUT2D eigenvalue weighted by Crippen LogP contribution is 2.38. The number of carbonyl (C=O) groups excluding carboxylic acids is 1. The van der Waals surface area contributed by atoms with E-state index in [1.165, 1.54) is 22.6 Å². The van der Waals surface area contributed by atoms with Crippen molar-refractivity contribution in [3.05, 3.63) is 45.6 Å². The third-order valence-corrected chi connectivity index (χ3v) is 3.48. The Hall–Kier alpha value is -1.19. The van der Waals surface area contributed by atoms with Crippen LogP contribution in [0.5, 0.6) is 0 Å². The SMILES string of the molecule is O=C(NCCCC(I)=CC(F)(F)C(F)(F)F)c1ccccc1. The second kappa shape index (κ2) is 7.89. The molecule has 1 aromatic rings. The maximum Gasteiger partial charge on any atom is 0.457 e. The predicted octanol–water partition coefficient (Wildman–Crippen LogP) is 4.71. The summed E-state index contributed by atoms with van der Waals surface area (Å²) in [5, 5.41) is 2.57. The Bertz CT molecular complexity index is 528. The van der Waals surface area contributed by atoms with Gasteiger partial charge in [-0.05, 0) is 51.1 Å². The van der Waals surface area contributed by atoms with Crippen LogP contribution in [0.25, 0.3) is 0 Å². The Morgan fingerprint density at radius 1 is 1.14 bits per heavy atom. The molecule has 0 aromatic heterocycles. The number of amides is 1. The molecule has 0 radical (unpaired) electrons. The Morgan fingerprint density at radius 2 is 1.73 bits per heavy atom. The van der Waals surface area contributed by atoms with E-state index in [1.54, 1.807) is 30.3 Å². The van der Waals surface area contributed by atoms with Gasteiger partial charge in [0.2, 0.25) is 0 Å². The van der Waals surface area contributed by atoms with Crippen LogP contribution >= 0.6 is 22.6 Å². The molecule has 0 unspecified atom stereocenters. The minimum absolute atomic E-state index is 0.0291. The second-order valence-electron chi connectivity index (χ2n) is 4.44. The largest absolute Gasteiger partial charge is 0.457 e. The van der Waals surface area contributed by atoms with Gasteiger partial charge in [0.05, 0.1) is 0 Å². The van der Waals surface area contributed by atoms with E-state index in [9.17, 15) is 26.7 Å². The molecule has 0 fully saturated rings. The van der Waals surface area contributed by atoms with Gasteiger partial charge in [-0.25, -0.2) is 0 Å². The molecule has 0 heterocycles. The van der Waals surface area contributed by atoms with Gasteiger partial charge < -0.3 is 5.32 Å². The molecule has 0 saturated carbocycles. The lowest BCUT2D eigenvalue weighted by atomic mass is 10.2. The zero-order chi connectivity index (χ0) is 16.8. The monoisotopic (exact) mass is 433 g/mol. The Balaban J connectivity index is 2.40. The van der Waals surface area contributed by atoms with Gasteiger partial charge in [-0.2, -0.15) is 22.0 Å². The lowest BCUT2D eigenvalue weighted by molar-refractivity contribution is -0.259. The van der Waals surface area contributed by atoms with Gasteiger partial charge in [-0.3, -0.25) is 4.79 Å². The third-order valence-electron chi connectivity index (χ3n) is 2.63. The molecule has 2 nitrogen and oxygen atoms in total. The van der Waals surface area contributed by atoms with Gasteiger partial charge in [0, 0.05) is 18.2 Å². The first-order chi connectivity index (χ1) is 10.1. The average molecular weight is 433 g/mol. The molecule has 0 bridgehead atoms. The Morgan fingerprint density at radius 3 is 2.27 bits per heavy atom. The highest BCUT2D eigenvalue weighted by atomic mass is 127. The van der Waals surface area contributed by atoms with E-state index in [0.29, 0.717) is 5.56 Å². The van der Waals surface area contributed by atoms with Crippen LogP contribution in [0.15, 0.2) is 40.0 Å². The van der Waals surface area contributed by atoms with Gasteiger partial charge in [0.1, 0.15) is 0 Å². The van der Waals surface area contributed by atoms with Gasteiger partial charge in [0.15, 0.2) is 0 Å². The summed E-state index contributed by atoms with van der Waals surface area (Å²) >= 11 is 1.44. The molecule has 0 aliphatic carbocycles. The van der Waals surface area contributed by atoms with Crippen molar-refractivity contribution in [2.75, 3.05) is 6.54 Å². The summed E-state index contributed by atoms with van der Waals surface area (Å²) in [7, 11) is 0. The van der Waals surface area contributed by atoms with Crippen molar-refractivity contribution in [2.45, 2.75) is 24.9 Å². The molecule has 0 aliphatic rings. The van der Waals surface area contributed by atoms with Gasteiger partial charge in [-0.15, -0.1) is 0 Å². The summed E-state index contributed by atoms with van der Waals surface area (Å²) in [6.45, 7) is 0.186. The fourth-order valence-corrected chi connectivity index (χ4v) is 2.27. The maximum absolute atomic E-state index is 12.8. The summed E-state index contributed by atoms with van der Waals surface area (Å²) in [5.74, 6) is -5.16. The fourth-order valence-electron chi connectivity index (χ4n) is 1.50. The lowest BCUT2D eigenvalue weighted by Crippen LogP contribution is -2.34. The van der Waals surface area contributed by atoms with Crippen LogP contribution in [0.1, 0.15) is 23.2 Å². The zero-order valence-electron chi connectivity index (χ0n) is 11.3. The van der Waals surface area contributed by atoms with Crippen LogP contribution < -0.4 is 5.32 Å². The molecule has 1 amide bonds. The van der Waals surface area contributed by atoms with Gasteiger partial charge in [-0.1, -0.05) is 18.2 Å². The average Bonchev–Trinajstić information content (AvgIpc) is 2.42. The molecule has 8 heteroatoms. The van der Waals surface area contributed by atoms with Crippen LogP contribution in [0.4, 0.5) is 22.0 Å². The quantitative estimate of drug-likeness (QED) is 0.393. The molecule has 122 valence electrons. The molecule has 0 saturated heterocycles. The minimum Gasteiger partial charge on any atom is -0.352 e. The number of allylic oxidation sites excluding steroid dienone is 2. The molecule has 0 atom stereocenters. The normalized spacial score (nSPS) is 13.1. The van der Waals surface area contributed by atoms with Gasteiger partial charge >= 0.3 is 12.1 Å². The minimum atomic E-state index is -5.59. The van der Waals surface area contributed by atoms with E-state index in [-0.39, 0.29) is 34.9 Å². The van der Waals surface area contributed by atoms with E-state index >= 15 is 0 Å². The van der Waals surface area contributed by atoms with Crippen molar-refractivity contribution in [1.82, 2.24) is 5.32 Å². The fraction of sp³-hybridized carbons (Fsp3) is 0.357. The summed E-state index contributed by atoms with van der Waals surface area (Å²) in [6.07, 6.45) is -5.39. The summed E-state index contributed by atoms with van der Waals surface area (Å²) < 4.78 is 61.5. The molecular weight excluding hydrogens is 420 g/mol. The van der Waals surface area contributed by atoms with Crippen LogP contribution in [-0.4, -0.2) is 24.6 Å². The lowest BCUT2D eigenvalue weighted by Gasteiger charge is -2.16. The van der Waals surface area contributed by atoms with Crippen molar-refractivity contribution in [1.29, 1.82) is 0 Å². The summed E-state index contributed by atoms with van der Waals surface area (Å²) in [6, 6.07) is 8.37. The van der Waals surface area contributed by atoms with Gasteiger partial charge in [0.25, 0.3) is 5.91 Å².